The summed E-state index contributed by atoms with van der Waals surface area (Å²) < 4.78 is 5.44. The number of carboxylic acid groups (broad SMARTS) is 1. The molecule has 126 valence electrons. The zero-order valence-corrected chi connectivity index (χ0v) is 13.6. The summed E-state index contributed by atoms with van der Waals surface area (Å²) in [5, 5.41) is 12.6. The number of carbonyl (C=O) groups excluding carboxylic acids is 1. The van der Waals surface area contributed by atoms with Crippen molar-refractivity contribution in [3.63, 3.8) is 0 Å². The Bertz CT molecular complexity index is 869. The average molecular weight is 350 g/mol. The Kier molecular flexibility index (Phi) is 4.32. The number of nitrogens with one attached hydrogen (secondary N) is 1. The van der Waals surface area contributed by atoms with Gasteiger partial charge in [-0.25, -0.2) is 0 Å². The van der Waals surface area contributed by atoms with E-state index >= 15 is 0 Å². The molecule has 0 aliphatic heterocycles. The second-order valence-electron chi connectivity index (χ2n) is 6.06. The lowest BCUT2D eigenvalue weighted by Gasteiger charge is -2.37. The molecule has 1 aromatic heterocycles. The van der Waals surface area contributed by atoms with Crippen LogP contribution in [-0.4, -0.2) is 23.5 Å². The number of hydrogen-bond donors (Lipinski definition) is 2. The Labute approximate surface area is 142 Å². The van der Waals surface area contributed by atoms with Gasteiger partial charge in [0.25, 0.3) is 5.91 Å². The van der Waals surface area contributed by atoms with Crippen molar-refractivity contribution in [3.8, 4) is 0 Å². The van der Waals surface area contributed by atoms with E-state index in [2.05, 4.69) is 5.32 Å². The monoisotopic (exact) mass is 349 g/mol. The van der Waals surface area contributed by atoms with E-state index in [0.29, 0.717) is 29.7 Å². The molecule has 0 spiro atoms. The lowest BCUT2D eigenvalue weighted by atomic mass is 9.67. The highest BCUT2D eigenvalue weighted by molar-refractivity contribution is 6.31. The fourth-order valence-corrected chi connectivity index (χ4v) is 3.09. The maximum Gasteiger partial charge on any atom is 0.309 e. The van der Waals surface area contributed by atoms with Gasteiger partial charge in [-0.3, -0.25) is 14.4 Å². The normalized spacial score (nSPS) is 15.7. The van der Waals surface area contributed by atoms with Crippen molar-refractivity contribution in [2.45, 2.75) is 25.7 Å². The second-order valence-corrected chi connectivity index (χ2v) is 6.50. The zero-order valence-electron chi connectivity index (χ0n) is 12.8. The lowest BCUT2D eigenvalue weighted by molar-refractivity contribution is -0.155. The fraction of sp³-hybridized carbons (Fsp3) is 0.353. The molecule has 1 heterocycles. The summed E-state index contributed by atoms with van der Waals surface area (Å²) in [6.07, 6.45) is 2.51. The molecule has 0 unspecified atom stereocenters. The van der Waals surface area contributed by atoms with E-state index in [-0.39, 0.29) is 23.3 Å². The molecule has 1 amide bonds. The quantitative estimate of drug-likeness (QED) is 0.865. The highest BCUT2D eigenvalue weighted by Gasteiger charge is 2.43. The standard InChI is InChI=1S/C17H16ClNO5/c18-10-2-3-13-11(8-10)12(20)9-14(24-13)15(21)19-7-6-17(16(22)23)4-1-5-17/h2-3,8-9H,1,4-7H2,(H,19,21)(H,22,23). The van der Waals surface area contributed by atoms with Gasteiger partial charge in [-0.2, -0.15) is 0 Å². The first-order valence-corrected chi connectivity index (χ1v) is 8.04. The molecule has 1 fully saturated rings. The number of halogens is 1. The SMILES string of the molecule is O=C(NCCC1(C(=O)O)CCC1)c1cc(=O)c2cc(Cl)ccc2o1. The van der Waals surface area contributed by atoms with Crippen LogP contribution in [0.15, 0.2) is 33.5 Å². The molecule has 0 atom stereocenters. The van der Waals surface area contributed by atoms with Crippen LogP contribution in [0.5, 0.6) is 0 Å². The van der Waals surface area contributed by atoms with E-state index in [9.17, 15) is 19.5 Å². The predicted molar refractivity (Wildman–Crippen MR) is 88.4 cm³/mol. The van der Waals surface area contributed by atoms with Crippen molar-refractivity contribution in [3.05, 3.63) is 45.3 Å². The summed E-state index contributed by atoms with van der Waals surface area (Å²) in [4.78, 5) is 35.5. The number of rotatable bonds is 5. The lowest BCUT2D eigenvalue weighted by Crippen LogP contribution is -2.41. The van der Waals surface area contributed by atoms with Crippen molar-refractivity contribution in [1.29, 1.82) is 0 Å². The smallest absolute Gasteiger partial charge is 0.309 e. The van der Waals surface area contributed by atoms with Crippen LogP contribution in [0.2, 0.25) is 5.02 Å². The van der Waals surface area contributed by atoms with Crippen molar-refractivity contribution in [2.75, 3.05) is 6.54 Å². The molecule has 0 radical (unpaired) electrons. The third-order valence-corrected chi connectivity index (χ3v) is 4.80. The maximum absolute atomic E-state index is 12.2. The minimum absolute atomic E-state index is 0.104. The van der Waals surface area contributed by atoms with Gasteiger partial charge in [0.1, 0.15) is 5.58 Å². The molecule has 1 aromatic carbocycles. The molecule has 1 aliphatic rings. The molecule has 0 saturated heterocycles. The van der Waals surface area contributed by atoms with Gasteiger partial charge in [0, 0.05) is 17.6 Å². The van der Waals surface area contributed by atoms with Crippen LogP contribution in [0.25, 0.3) is 11.0 Å². The first kappa shape index (κ1) is 16.5. The third kappa shape index (κ3) is 3.01. The first-order valence-electron chi connectivity index (χ1n) is 7.66. The van der Waals surface area contributed by atoms with Gasteiger partial charge in [0.2, 0.25) is 0 Å². The van der Waals surface area contributed by atoms with Crippen LogP contribution < -0.4 is 10.7 Å². The summed E-state index contributed by atoms with van der Waals surface area (Å²) in [6.45, 7) is 0.216. The minimum Gasteiger partial charge on any atom is -0.481 e. The van der Waals surface area contributed by atoms with Crippen molar-refractivity contribution >= 4 is 34.4 Å². The third-order valence-electron chi connectivity index (χ3n) is 4.57. The van der Waals surface area contributed by atoms with Crippen LogP contribution in [-0.2, 0) is 4.79 Å². The molecule has 2 aromatic rings. The second kappa shape index (κ2) is 6.28. The number of benzene rings is 1. The molecule has 24 heavy (non-hydrogen) atoms. The van der Waals surface area contributed by atoms with Crippen molar-refractivity contribution in [1.82, 2.24) is 5.32 Å². The van der Waals surface area contributed by atoms with E-state index in [1.54, 1.807) is 6.07 Å². The topological polar surface area (TPSA) is 96.6 Å². The Morgan fingerprint density at radius 3 is 2.67 bits per heavy atom. The fourth-order valence-electron chi connectivity index (χ4n) is 2.92. The van der Waals surface area contributed by atoms with E-state index < -0.39 is 17.3 Å². The van der Waals surface area contributed by atoms with Crippen LogP contribution in [0, 0.1) is 5.41 Å². The summed E-state index contributed by atoms with van der Waals surface area (Å²) in [7, 11) is 0. The molecule has 2 N–H and O–H groups in total. The number of fused-ring (bicyclic) bond motifs is 1. The van der Waals surface area contributed by atoms with Crippen LogP contribution in [0.4, 0.5) is 0 Å². The van der Waals surface area contributed by atoms with E-state index in [1.807, 2.05) is 0 Å². The first-order chi connectivity index (χ1) is 11.4. The van der Waals surface area contributed by atoms with Gasteiger partial charge < -0.3 is 14.8 Å². The Morgan fingerprint density at radius 1 is 1.29 bits per heavy atom. The molecule has 1 aliphatic carbocycles. The minimum atomic E-state index is -0.822. The highest BCUT2D eigenvalue weighted by Crippen LogP contribution is 2.43. The van der Waals surface area contributed by atoms with Gasteiger partial charge in [-0.15, -0.1) is 0 Å². The number of carboxylic acids is 1. The average Bonchev–Trinajstić information content (AvgIpc) is 2.49. The van der Waals surface area contributed by atoms with Crippen LogP contribution in [0.3, 0.4) is 0 Å². The molecule has 7 heteroatoms. The molecular formula is C17H16ClNO5. The van der Waals surface area contributed by atoms with Crippen LogP contribution >= 0.6 is 11.6 Å². The number of hydrogen-bond acceptors (Lipinski definition) is 4. The van der Waals surface area contributed by atoms with E-state index in [4.69, 9.17) is 16.0 Å². The summed E-state index contributed by atoms with van der Waals surface area (Å²) >= 11 is 5.84. The largest absolute Gasteiger partial charge is 0.481 e. The predicted octanol–water partition coefficient (Wildman–Crippen LogP) is 2.82. The Hall–Kier alpha value is -2.34. The Morgan fingerprint density at radius 2 is 2.04 bits per heavy atom. The van der Waals surface area contributed by atoms with Crippen LogP contribution in [0.1, 0.15) is 36.2 Å². The van der Waals surface area contributed by atoms with Crippen molar-refractivity contribution in [2.24, 2.45) is 5.41 Å². The van der Waals surface area contributed by atoms with E-state index in [0.717, 1.165) is 12.5 Å². The molecule has 3 rings (SSSR count). The van der Waals surface area contributed by atoms with Gasteiger partial charge in [-0.1, -0.05) is 18.0 Å². The number of carbonyl (C=O) groups is 2. The zero-order chi connectivity index (χ0) is 17.3. The Balaban J connectivity index is 1.71. The van der Waals surface area contributed by atoms with E-state index in [1.165, 1.54) is 12.1 Å². The number of amides is 1. The molecular weight excluding hydrogens is 334 g/mol. The molecule has 0 bridgehead atoms. The van der Waals surface area contributed by atoms with Crippen molar-refractivity contribution < 1.29 is 19.1 Å². The molecule has 1 saturated carbocycles. The van der Waals surface area contributed by atoms with Gasteiger partial charge in [0.15, 0.2) is 11.2 Å². The van der Waals surface area contributed by atoms with Gasteiger partial charge in [-0.05, 0) is 37.5 Å². The highest BCUT2D eigenvalue weighted by atomic mass is 35.5. The summed E-state index contributed by atoms with van der Waals surface area (Å²) in [6, 6.07) is 5.70. The molecule has 6 nitrogen and oxygen atoms in total. The van der Waals surface area contributed by atoms with Gasteiger partial charge in [0.05, 0.1) is 10.8 Å². The summed E-state index contributed by atoms with van der Waals surface area (Å²) in [5.74, 6) is -1.46. The number of aliphatic carboxylic acids is 1. The summed E-state index contributed by atoms with van der Waals surface area (Å²) in [5.41, 5.74) is -0.809. The van der Waals surface area contributed by atoms with Gasteiger partial charge >= 0.3 is 5.97 Å². The maximum atomic E-state index is 12.2.